The van der Waals surface area contributed by atoms with E-state index in [4.69, 9.17) is 14.3 Å². The molecule has 1 unspecified atom stereocenters. The largest absolute Gasteiger partial charge is 0.353 e. The Morgan fingerprint density at radius 2 is 2.14 bits per heavy atom. The van der Waals surface area contributed by atoms with Crippen molar-refractivity contribution in [1.29, 1.82) is 0 Å². The van der Waals surface area contributed by atoms with Gasteiger partial charge >= 0.3 is 0 Å². The number of ether oxygens (including phenoxy) is 2. The molecule has 0 radical (unpaired) electrons. The molecule has 0 bridgehead atoms. The number of ketones is 1. The minimum atomic E-state index is -0.200. The van der Waals surface area contributed by atoms with Crippen LogP contribution in [0.15, 0.2) is 42.1 Å². The summed E-state index contributed by atoms with van der Waals surface area (Å²) in [7, 11) is 3.30. The van der Waals surface area contributed by atoms with Crippen LogP contribution in [0.1, 0.15) is 29.6 Å². The number of carbonyl (C=O) groups is 1. The van der Waals surface area contributed by atoms with Crippen molar-refractivity contribution in [2.24, 2.45) is 0 Å². The highest BCUT2D eigenvalue weighted by molar-refractivity contribution is 6.04. The molecule has 1 aliphatic rings. The Balaban J connectivity index is 2.01. The zero-order chi connectivity index (χ0) is 15.8. The molecule has 0 aromatic heterocycles. The molecule has 0 aliphatic carbocycles. The zero-order valence-electron chi connectivity index (χ0n) is 13.2. The van der Waals surface area contributed by atoms with Gasteiger partial charge in [-0.15, -0.1) is 0 Å². The summed E-state index contributed by atoms with van der Waals surface area (Å²) in [5.41, 5.74) is 1.30. The van der Waals surface area contributed by atoms with Gasteiger partial charge in [0.2, 0.25) is 0 Å². The van der Waals surface area contributed by atoms with Crippen molar-refractivity contribution in [1.82, 2.24) is 5.06 Å². The zero-order valence-corrected chi connectivity index (χ0v) is 13.2. The summed E-state index contributed by atoms with van der Waals surface area (Å²) in [4.78, 5) is 17.5. The van der Waals surface area contributed by atoms with Crippen molar-refractivity contribution >= 4 is 5.78 Å². The fourth-order valence-electron chi connectivity index (χ4n) is 2.20. The van der Waals surface area contributed by atoms with Gasteiger partial charge in [0.15, 0.2) is 12.1 Å². The van der Waals surface area contributed by atoms with E-state index in [0.29, 0.717) is 11.3 Å². The number of benzene rings is 1. The minimum Gasteiger partial charge on any atom is -0.353 e. The van der Waals surface area contributed by atoms with Crippen LogP contribution < -0.4 is 0 Å². The van der Waals surface area contributed by atoms with E-state index in [1.165, 1.54) is 5.06 Å². The van der Waals surface area contributed by atoms with Gasteiger partial charge in [0, 0.05) is 25.3 Å². The van der Waals surface area contributed by atoms with Gasteiger partial charge in [-0.05, 0) is 19.3 Å². The monoisotopic (exact) mass is 305 g/mol. The van der Waals surface area contributed by atoms with Crippen molar-refractivity contribution in [3.05, 3.63) is 47.7 Å². The average Bonchev–Trinajstić information content (AvgIpc) is 2.59. The molecule has 22 heavy (non-hydrogen) atoms. The lowest BCUT2D eigenvalue weighted by Gasteiger charge is -2.25. The van der Waals surface area contributed by atoms with Crippen molar-refractivity contribution < 1.29 is 19.1 Å². The Morgan fingerprint density at radius 3 is 2.77 bits per heavy atom. The molecule has 1 fully saturated rings. The predicted octanol–water partition coefficient (Wildman–Crippen LogP) is 2.79. The maximum Gasteiger partial charge on any atom is 0.187 e. The first kappa shape index (κ1) is 16.7. The second-order valence-electron chi connectivity index (χ2n) is 5.15. The number of hydroxylamine groups is 2. The van der Waals surface area contributed by atoms with E-state index in [9.17, 15) is 4.79 Å². The van der Waals surface area contributed by atoms with Crippen LogP contribution in [0.2, 0.25) is 0 Å². The number of hydrogen-bond acceptors (Lipinski definition) is 5. The molecule has 1 saturated heterocycles. The first-order valence-electron chi connectivity index (χ1n) is 7.51. The third kappa shape index (κ3) is 4.94. The third-order valence-corrected chi connectivity index (χ3v) is 3.59. The van der Waals surface area contributed by atoms with Crippen LogP contribution in [0.3, 0.4) is 0 Å². The normalized spacial score (nSPS) is 19.0. The summed E-state index contributed by atoms with van der Waals surface area (Å²) in [5, 5.41) is 1.53. The summed E-state index contributed by atoms with van der Waals surface area (Å²) >= 11 is 0. The smallest absolute Gasteiger partial charge is 0.187 e. The van der Waals surface area contributed by atoms with E-state index in [-0.39, 0.29) is 18.7 Å². The fraction of sp³-hybridized carbons (Fsp3) is 0.471. The number of likely N-dealkylation sites (N-methyl/N-ethyl adjacent to an activating group) is 1. The summed E-state index contributed by atoms with van der Waals surface area (Å²) in [5.74, 6) is -0.0762. The van der Waals surface area contributed by atoms with Gasteiger partial charge in [-0.3, -0.25) is 14.7 Å². The van der Waals surface area contributed by atoms with E-state index >= 15 is 0 Å². The molecule has 1 heterocycles. The molecule has 0 spiro atoms. The van der Waals surface area contributed by atoms with Gasteiger partial charge in [0.25, 0.3) is 0 Å². The number of nitrogens with zero attached hydrogens (tertiary/aromatic N) is 1. The van der Waals surface area contributed by atoms with Crippen molar-refractivity contribution in [3.63, 3.8) is 0 Å². The first-order valence-corrected chi connectivity index (χ1v) is 7.51. The van der Waals surface area contributed by atoms with Gasteiger partial charge in [-0.25, -0.2) is 0 Å². The Hall–Kier alpha value is -1.69. The van der Waals surface area contributed by atoms with Crippen LogP contribution in [0.4, 0.5) is 0 Å². The van der Waals surface area contributed by atoms with E-state index in [0.717, 1.165) is 25.9 Å². The van der Waals surface area contributed by atoms with Gasteiger partial charge in [0.1, 0.15) is 0 Å². The van der Waals surface area contributed by atoms with E-state index in [1.54, 1.807) is 32.4 Å². The van der Waals surface area contributed by atoms with Crippen LogP contribution in [0, 0.1) is 0 Å². The van der Waals surface area contributed by atoms with Crippen LogP contribution in [0.5, 0.6) is 0 Å². The standard InChI is InChI=1S/C17H23NO4/c1-18(20-2)15(13-22-17-10-6-7-11-21-17)12-16(19)14-8-4-3-5-9-14/h3-5,8-9,12,17H,6-7,10-11,13H2,1-2H3/b15-12+. The summed E-state index contributed by atoms with van der Waals surface area (Å²) in [6.07, 6.45) is 4.41. The van der Waals surface area contributed by atoms with Crippen molar-refractivity contribution in [2.45, 2.75) is 25.6 Å². The number of hydrogen-bond donors (Lipinski definition) is 0. The average molecular weight is 305 g/mol. The van der Waals surface area contributed by atoms with Crippen LogP contribution >= 0.6 is 0 Å². The molecule has 5 heteroatoms. The maximum atomic E-state index is 12.3. The molecular formula is C17H23NO4. The van der Waals surface area contributed by atoms with Crippen LogP contribution in [0.25, 0.3) is 0 Å². The topological polar surface area (TPSA) is 48.0 Å². The van der Waals surface area contributed by atoms with E-state index in [1.807, 2.05) is 18.2 Å². The molecule has 1 aromatic carbocycles. The molecule has 0 saturated carbocycles. The summed E-state index contributed by atoms with van der Waals surface area (Å²) in [6, 6.07) is 9.13. The number of allylic oxidation sites excluding steroid dienone is 1. The lowest BCUT2D eigenvalue weighted by Crippen LogP contribution is -2.27. The molecule has 1 aliphatic heterocycles. The quantitative estimate of drug-likeness (QED) is 0.440. The van der Waals surface area contributed by atoms with E-state index in [2.05, 4.69) is 0 Å². The van der Waals surface area contributed by atoms with Crippen LogP contribution in [-0.4, -0.2) is 44.5 Å². The molecule has 0 N–H and O–H groups in total. The highest BCUT2D eigenvalue weighted by atomic mass is 16.7. The highest BCUT2D eigenvalue weighted by Gasteiger charge is 2.16. The molecule has 120 valence electrons. The van der Waals surface area contributed by atoms with Crippen LogP contribution in [-0.2, 0) is 14.3 Å². The van der Waals surface area contributed by atoms with Gasteiger partial charge in [-0.2, -0.15) is 0 Å². The third-order valence-electron chi connectivity index (χ3n) is 3.59. The Bertz CT molecular complexity index is 495. The second kappa shape index (κ2) is 8.68. The second-order valence-corrected chi connectivity index (χ2v) is 5.15. The molecular weight excluding hydrogens is 282 g/mol. The minimum absolute atomic E-state index is 0.0762. The lowest BCUT2D eigenvalue weighted by molar-refractivity contribution is -0.168. The number of carbonyl (C=O) groups excluding carboxylic acids is 1. The molecule has 0 amide bonds. The molecule has 1 atom stereocenters. The van der Waals surface area contributed by atoms with E-state index < -0.39 is 0 Å². The van der Waals surface area contributed by atoms with Gasteiger partial charge in [0.05, 0.1) is 19.4 Å². The van der Waals surface area contributed by atoms with Gasteiger partial charge < -0.3 is 9.47 Å². The number of rotatable bonds is 7. The van der Waals surface area contributed by atoms with Crippen molar-refractivity contribution in [3.8, 4) is 0 Å². The molecule has 1 aromatic rings. The molecule has 2 rings (SSSR count). The summed E-state index contributed by atoms with van der Waals surface area (Å²) in [6.45, 7) is 1.00. The first-order chi connectivity index (χ1) is 10.7. The van der Waals surface area contributed by atoms with Crippen molar-refractivity contribution in [2.75, 3.05) is 27.4 Å². The Kier molecular flexibility index (Phi) is 6.58. The van der Waals surface area contributed by atoms with Gasteiger partial charge in [-0.1, -0.05) is 30.3 Å². The highest BCUT2D eigenvalue weighted by Crippen LogP contribution is 2.16. The summed E-state index contributed by atoms with van der Waals surface area (Å²) < 4.78 is 11.3. The molecule has 5 nitrogen and oxygen atoms in total. The Morgan fingerprint density at radius 1 is 1.36 bits per heavy atom. The lowest BCUT2D eigenvalue weighted by atomic mass is 10.1. The maximum absolute atomic E-state index is 12.3. The predicted molar refractivity (Wildman–Crippen MR) is 83.2 cm³/mol. The fourth-order valence-corrected chi connectivity index (χ4v) is 2.20. The SMILES string of the molecule is CON(C)/C(=C/C(=O)c1ccccc1)COC1CCCCO1. The Labute approximate surface area is 131 Å².